The van der Waals surface area contributed by atoms with Gasteiger partial charge in [-0.3, -0.25) is 9.36 Å². The van der Waals surface area contributed by atoms with E-state index in [0.717, 1.165) is 42.6 Å². The van der Waals surface area contributed by atoms with Gasteiger partial charge in [0.25, 0.3) is 0 Å². The van der Waals surface area contributed by atoms with E-state index in [1.54, 1.807) is 23.7 Å². The highest BCUT2D eigenvalue weighted by Crippen LogP contribution is 2.37. The van der Waals surface area contributed by atoms with Crippen LogP contribution in [0.15, 0.2) is 34.6 Å². The molecule has 9 heteroatoms. The van der Waals surface area contributed by atoms with Gasteiger partial charge in [-0.2, -0.15) is 5.26 Å². The van der Waals surface area contributed by atoms with Gasteiger partial charge >= 0.3 is 0 Å². The largest absolute Gasteiger partial charge is 0.469 e. The first-order valence-electron chi connectivity index (χ1n) is 10.2. The summed E-state index contributed by atoms with van der Waals surface area (Å²) in [5.41, 5.74) is 2.62. The van der Waals surface area contributed by atoms with Crippen LogP contribution in [0, 0.1) is 18.3 Å². The number of allylic oxidation sites excluding steroid dienone is 1. The van der Waals surface area contributed by atoms with Gasteiger partial charge in [-0.05, 0) is 44.2 Å². The number of nitriles is 1. The van der Waals surface area contributed by atoms with Gasteiger partial charge in [-0.15, -0.1) is 28.1 Å². The molecule has 7 nitrogen and oxygen atoms in total. The quantitative estimate of drug-likeness (QED) is 0.308. The number of furan rings is 1. The van der Waals surface area contributed by atoms with Crippen LogP contribution in [-0.2, 0) is 24.2 Å². The third-order valence-electron chi connectivity index (χ3n) is 5.25. The number of aryl methyl sites for hydroxylation is 2. The van der Waals surface area contributed by atoms with Crippen LogP contribution >= 0.6 is 23.1 Å². The molecule has 0 fully saturated rings. The van der Waals surface area contributed by atoms with Crippen LogP contribution in [0.3, 0.4) is 0 Å². The van der Waals surface area contributed by atoms with Gasteiger partial charge in [0.05, 0.1) is 23.1 Å². The van der Waals surface area contributed by atoms with Crippen LogP contribution in [0.5, 0.6) is 0 Å². The average molecular weight is 454 g/mol. The van der Waals surface area contributed by atoms with Gasteiger partial charge in [-0.1, -0.05) is 24.3 Å². The molecular formula is C22H23N5O2S2. The summed E-state index contributed by atoms with van der Waals surface area (Å²) in [5.74, 6) is 1.45. The average Bonchev–Trinajstić information content (AvgIpc) is 3.39. The zero-order valence-corrected chi connectivity index (χ0v) is 18.9. The van der Waals surface area contributed by atoms with E-state index in [-0.39, 0.29) is 11.7 Å². The van der Waals surface area contributed by atoms with Gasteiger partial charge in [0.1, 0.15) is 16.8 Å². The molecule has 1 aliphatic carbocycles. The van der Waals surface area contributed by atoms with Crippen LogP contribution in [0.25, 0.3) is 11.4 Å². The standard InChI is InChI=1S/C22H23N5O2S2/c1-3-10-27-20(15-9-11-29-14(15)2)25-26-22(27)30-13-19(28)24-21-17(12-23)16-7-5-4-6-8-18(16)31-21/h3,9,11H,1,4-8,10,13H2,2H3,(H,24,28). The fourth-order valence-corrected chi connectivity index (χ4v) is 5.75. The van der Waals surface area contributed by atoms with E-state index in [4.69, 9.17) is 4.42 Å². The second-order valence-corrected chi connectivity index (χ2v) is 9.36. The van der Waals surface area contributed by atoms with Crippen molar-refractivity contribution in [3.8, 4) is 17.5 Å². The number of nitrogens with zero attached hydrogens (tertiary/aromatic N) is 4. The molecule has 0 atom stereocenters. The van der Waals surface area contributed by atoms with E-state index in [9.17, 15) is 10.1 Å². The maximum Gasteiger partial charge on any atom is 0.235 e. The highest BCUT2D eigenvalue weighted by atomic mass is 32.2. The molecule has 0 saturated heterocycles. The minimum absolute atomic E-state index is 0.160. The van der Waals surface area contributed by atoms with Crippen molar-refractivity contribution in [2.24, 2.45) is 0 Å². The number of nitrogens with one attached hydrogen (secondary N) is 1. The summed E-state index contributed by atoms with van der Waals surface area (Å²) >= 11 is 2.86. The topological polar surface area (TPSA) is 96.7 Å². The lowest BCUT2D eigenvalue weighted by atomic mass is 10.1. The SMILES string of the molecule is C=CCn1c(SCC(=O)Nc2sc3c(c2C#N)CCCCC3)nnc1-c1ccoc1C. The van der Waals surface area contributed by atoms with Gasteiger partial charge in [0.2, 0.25) is 5.91 Å². The number of amides is 1. The lowest BCUT2D eigenvalue weighted by Crippen LogP contribution is -2.14. The summed E-state index contributed by atoms with van der Waals surface area (Å²) in [7, 11) is 0. The van der Waals surface area contributed by atoms with Crippen molar-refractivity contribution in [1.29, 1.82) is 5.26 Å². The first-order valence-corrected chi connectivity index (χ1v) is 12.0. The van der Waals surface area contributed by atoms with Crippen LogP contribution in [0.4, 0.5) is 5.00 Å². The van der Waals surface area contributed by atoms with Crippen LogP contribution in [0.2, 0.25) is 0 Å². The maximum atomic E-state index is 12.7. The van der Waals surface area contributed by atoms with E-state index >= 15 is 0 Å². The fraction of sp³-hybridized carbons (Fsp3) is 0.364. The number of anilines is 1. The molecule has 31 heavy (non-hydrogen) atoms. The Morgan fingerprint density at radius 2 is 2.26 bits per heavy atom. The molecule has 1 amide bonds. The minimum atomic E-state index is -0.160. The van der Waals surface area contributed by atoms with Crippen molar-refractivity contribution in [3.63, 3.8) is 0 Å². The highest BCUT2D eigenvalue weighted by molar-refractivity contribution is 7.99. The third kappa shape index (κ3) is 4.45. The Hall–Kier alpha value is -2.83. The molecule has 0 spiro atoms. The molecule has 0 bridgehead atoms. The number of aromatic nitrogens is 3. The number of carbonyl (C=O) groups excluding carboxylic acids is 1. The minimum Gasteiger partial charge on any atom is -0.469 e. The van der Waals surface area contributed by atoms with Crippen LogP contribution in [-0.4, -0.2) is 26.4 Å². The van der Waals surface area contributed by atoms with E-state index in [2.05, 4.69) is 28.2 Å². The van der Waals surface area contributed by atoms with E-state index < -0.39 is 0 Å². The molecule has 0 saturated carbocycles. The zero-order chi connectivity index (χ0) is 21.8. The van der Waals surface area contributed by atoms with E-state index in [1.807, 2.05) is 17.6 Å². The zero-order valence-electron chi connectivity index (χ0n) is 17.3. The number of carbonyl (C=O) groups is 1. The molecule has 4 rings (SSSR count). The number of hydrogen-bond acceptors (Lipinski definition) is 7. The highest BCUT2D eigenvalue weighted by Gasteiger charge is 2.22. The molecule has 1 N–H and O–H groups in total. The lowest BCUT2D eigenvalue weighted by molar-refractivity contribution is -0.113. The molecule has 3 aromatic heterocycles. The molecule has 0 aliphatic heterocycles. The predicted molar refractivity (Wildman–Crippen MR) is 122 cm³/mol. The van der Waals surface area contributed by atoms with E-state index in [1.165, 1.54) is 23.1 Å². The van der Waals surface area contributed by atoms with Gasteiger partial charge in [0.15, 0.2) is 11.0 Å². The molecule has 1 aliphatic rings. The predicted octanol–water partition coefficient (Wildman–Crippen LogP) is 4.97. The van der Waals surface area contributed by atoms with Crippen molar-refractivity contribution in [1.82, 2.24) is 14.8 Å². The van der Waals surface area contributed by atoms with Crippen molar-refractivity contribution >= 4 is 34.0 Å². The smallest absolute Gasteiger partial charge is 0.235 e. The Labute approximate surface area is 189 Å². The number of hydrogen-bond donors (Lipinski definition) is 1. The van der Waals surface area contributed by atoms with Gasteiger partial charge < -0.3 is 9.73 Å². The van der Waals surface area contributed by atoms with Crippen molar-refractivity contribution in [3.05, 3.63) is 46.7 Å². The monoisotopic (exact) mass is 453 g/mol. The Bertz CT molecular complexity index is 1150. The van der Waals surface area contributed by atoms with Crippen LogP contribution in [0.1, 0.15) is 41.0 Å². The molecule has 3 aromatic rings. The maximum absolute atomic E-state index is 12.7. The summed E-state index contributed by atoms with van der Waals surface area (Å²) in [6.45, 7) is 6.21. The summed E-state index contributed by atoms with van der Waals surface area (Å²) in [5, 5.41) is 22.5. The normalized spacial score (nSPS) is 13.3. The van der Waals surface area contributed by atoms with Crippen molar-refractivity contribution < 1.29 is 9.21 Å². The summed E-state index contributed by atoms with van der Waals surface area (Å²) in [4.78, 5) is 13.9. The number of rotatable bonds is 7. The second kappa shape index (κ2) is 9.54. The first kappa shape index (κ1) is 21.4. The van der Waals surface area contributed by atoms with Crippen molar-refractivity contribution in [2.45, 2.75) is 50.7 Å². The third-order valence-corrected chi connectivity index (χ3v) is 7.42. The van der Waals surface area contributed by atoms with E-state index in [0.29, 0.717) is 28.1 Å². The summed E-state index contributed by atoms with van der Waals surface area (Å²) in [6, 6.07) is 4.15. The lowest BCUT2D eigenvalue weighted by Gasteiger charge is -2.07. The first-order chi connectivity index (χ1) is 15.1. The fourth-order valence-electron chi connectivity index (χ4n) is 3.75. The molecule has 160 valence electrons. The molecule has 0 unspecified atom stereocenters. The Morgan fingerprint density at radius 3 is 3.00 bits per heavy atom. The molecule has 3 heterocycles. The van der Waals surface area contributed by atoms with Crippen LogP contribution < -0.4 is 5.32 Å². The molecule has 0 radical (unpaired) electrons. The number of thioether (sulfide) groups is 1. The molecule has 0 aromatic carbocycles. The number of fused-ring (bicyclic) bond motifs is 1. The van der Waals surface area contributed by atoms with Gasteiger partial charge in [-0.25, -0.2) is 0 Å². The number of thiophene rings is 1. The Morgan fingerprint density at radius 1 is 1.42 bits per heavy atom. The van der Waals surface area contributed by atoms with Gasteiger partial charge in [0, 0.05) is 11.4 Å². The Balaban J connectivity index is 1.48. The Kier molecular flexibility index (Phi) is 6.59. The molecular weight excluding hydrogens is 430 g/mol. The summed E-state index contributed by atoms with van der Waals surface area (Å²) < 4.78 is 7.30. The second-order valence-electron chi connectivity index (χ2n) is 7.31. The summed E-state index contributed by atoms with van der Waals surface area (Å²) in [6.07, 6.45) is 8.71. The van der Waals surface area contributed by atoms with Crippen molar-refractivity contribution in [2.75, 3.05) is 11.1 Å².